The lowest BCUT2D eigenvalue weighted by molar-refractivity contribution is 0.272. The van der Waals surface area contributed by atoms with E-state index in [1.165, 1.54) is 11.1 Å². The fourth-order valence-electron chi connectivity index (χ4n) is 5.43. The molecule has 36 heavy (non-hydrogen) atoms. The van der Waals surface area contributed by atoms with Gasteiger partial charge in [-0.2, -0.15) is 0 Å². The Bertz CT molecular complexity index is 1480. The largest absolute Gasteiger partial charge is 0.448 e. The van der Waals surface area contributed by atoms with E-state index in [0.717, 1.165) is 59.4 Å². The van der Waals surface area contributed by atoms with Gasteiger partial charge in [-0.3, -0.25) is 0 Å². The average Bonchev–Trinajstić information content (AvgIpc) is 2.93. The number of rotatable bonds is 2. The molecule has 0 radical (unpaired) electrons. The van der Waals surface area contributed by atoms with E-state index in [2.05, 4.69) is 82.1 Å². The van der Waals surface area contributed by atoms with Crippen LogP contribution in [-0.2, 0) is 23.6 Å². The van der Waals surface area contributed by atoms with Crippen LogP contribution in [0.5, 0.6) is 11.5 Å². The number of benzene rings is 4. The van der Waals surface area contributed by atoms with Gasteiger partial charge >= 0.3 is 0 Å². The minimum Gasteiger partial charge on any atom is -0.448 e. The summed E-state index contributed by atoms with van der Waals surface area (Å²) >= 11 is 12.8. The summed E-state index contributed by atoms with van der Waals surface area (Å²) in [5.74, 6) is 1.77. The smallest absolute Gasteiger partial charge is 0.211 e. The predicted molar refractivity (Wildman–Crippen MR) is 156 cm³/mol. The average molecular weight is 547 g/mol. The van der Waals surface area contributed by atoms with Crippen LogP contribution in [0.4, 0.5) is 0 Å². The zero-order valence-corrected chi connectivity index (χ0v) is 22.9. The lowest BCUT2D eigenvalue weighted by Crippen LogP contribution is -2.47. The summed E-state index contributed by atoms with van der Waals surface area (Å²) in [6.45, 7) is 3.16. The molecule has 0 saturated carbocycles. The molecule has 3 aliphatic rings. The molecule has 7 rings (SSSR count). The van der Waals surface area contributed by atoms with E-state index in [1.54, 1.807) is 0 Å². The van der Waals surface area contributed by atoms with Gasteiger partial charge in [-0.15, -0.1) is 0 Å². The molecular formula is C28H24N2O2P2S2. The standard InChI is InChI=1S/C28H24N2O2P2S2/c35-33(27-15-7-3-11-23(27)21-9-1-5-13-25(21)31-33)29-17-19-30(20-18-29)34(36)28-16-8-4-12-24(28)22-10-2-6-14-26(22)32-34/h1-16H,17-20H2. The molecule has 3 aliphatic heterocycles. The van der Waals surface area contributed by atoms with Gasteiger partial charge < -0.3 is 9.05 Å². The van der Waals surface area contributed by atoms with E-state index in [-0.39, 0.29) is 0 Å². The van der Waals surface area contributed by atoms with Crippen LogP contribution in [0, 0.1) is 0 Å². The molecule has 4 aromatic carbocycles. The van der Waals surface area contributed by atoms with Gasteiger partial charge in [-0.05, 0) is 59.0 Å². The number of hydrogen-bond acceptors (Lipinski definition) is 4. The third kappa shape index (κ3) is 3.40. The summed E-state index contributed by atoms with van der Waals surface area (Å²) in [6, 6.07) is 33.4. The first-order valence-electron chi connectivity index (χ1n) is 12.1. The van der Waals surface area contributed by atoms with E-state index in [9.17, 15) is 0 Å². The van der Waals surface area contributed by atoms with E-state index >= 15 is 0 Å². The van der Waals surface area contributed by atoms with Crippen molar-refractivity contribution in [2.24, 2.45) is 0 Å². The van der Waals surface area contributed by atoms with Gasteiger partial charge in [0.15, 0.2) is 0 Å². The van der Waals surface area contributed by atoms with Gasteiger partial charge in [0.1, 0.15) is 11.5 Å². The van der Waals surface area contributed by atoms with Crippen LogP contribution >= 0.6 is 12.8 Å². The van der Waals surface area contributed by atoms with Gasteiger partial charge in [0.05, 0.1) is 0 Å². The number of hydrogen-bond donors (Lipinski definition) is 0. The molecule has 0 bridgehead atoms. The second-order valence-corrected chi connectivity index (χ2v) is 16.7. The second-order valence-electron chi connectivity index (χ2n) is 9.16. The summed E-state index contributed by atoms with van der Waals surface area (Å²) < 4.78 is 18.1. The van der Waals surface area contributed by atoms with Crippen molar-refractivity contribution >= 4 is 47.1 Å². The Morgan fingerprint density at radius 1 is 0.472 bits per heavy atom. The lowest BCUT2D eigenvalue weighted by atomic mass is 10.0. The number of fused-ring (bicyclic) bond motifs is 6. The van der Waals surface area contributed by atoms with Crippen LogP contribution in [0.3, 0.4) is 0 Å². The van der Waals surface area contributed by atoms with E-state index in [0.29, 0.717) is 0 Å². The molecule has 4 aromatic rings. The second kappa shape index (κ2) is 8.63. The van der Waals surface area contributed by atoms with E-state index in [1.807, 2.05) is 24.3 Å². The van der Waals surface area contributed by atoms with Gasteiger partial charge in [0.25, 0.3) is 0 Å². The fourth-order valence-corrected chi connectivity index (χ4v) is 12.7. The highest BCUT2D eigenvalue weighted by Gasteiger charge is 2.43. The molecule has 0 N–H and O–H groups in total. The van der Waals surface area contributed by atoms with E-state index in [4.69, 9.17) is 32.7 Å². The SMILES string of the molecule is S=P1(N2CCN(P3(=S)Oc4ccccc4-c4ccccc43)CC2)Oc2ccccc2-c2ccccc21. The number of nitrogens with zero attached hydrogens (tertiary/aromatic N) is 2. The Balaban J connectivity index is 1.21. The maximum Gasteiger partial charge on any atom is 0.211 e. The fraction of sp³-hybridized carbons (Fsp3) is 0.143. The number of para-hydroxylation sites is 2. The summed E-state index contributed by atoms with van der Waals surface area (Å²) in [5.41, 5.74) is 4.62. The molecule has 0 amide bonds. The van der Waals surface area contributed by atoms with Gasteiger partial charge in [0, 0.05) is 47.9 Å². The Morgan fingerprint density at radius 2 is 0.806 bits per heavy atom. The summed E-state index contributed by atoms with van der Waals surface area (Å²) in [7, 11) is 0. The van der Waals surface area contributed by atoms with Crippen LogP contribution in [-0.4, -0.2) is 35.5 Å². The molecule has 180 valence electrons. The van der Waals surface area contributed by atoms with Crippen molar-refractivity contribution < 1.29 is 9.05 Å². The Labute approximate surface area is 221 Å². The maximum absolute atomic E-state index is 6.68. The maximum atomic E-state index is 6.68. The zero-order valence-electron chi connectivity index (χ0n) is 19.5. The Hall–Kier alpha value is -2.30. The first kappa shape index (κ1) is 22.9. The Morgan fingerprint density at radius 3 is 1.22 bits per heavy atom. The summed E-state index contributed by atoms with van der Waals surface area (Å²) in [6.07, 6.45) is -4.88. The normalized spacial score (nSPS) is 24.9. The molecule has 0 aliphatic carbocycles. The van der Waals surface area contributed by atoms with Crippen LogP contribution in [0.15, 0.2) is 97.1 Å². The van der Waals surface area contributed by atoms with Crippen LogP contribution in [0.2, 0.25) is 0 Å². The lowest BCUT2D eigenvalue weighted by Gasteiger charge is -2.46. The third-order valence-corrected chi connectivity index (χ3v) is 15.4. The monoisotopic (exact) mass is 546 g/mol. The third-order valence-electron chi connectivity index (χ3n) is 7.19. The van der Waals surface area contributed by atoms with Crippen molar-refractivity contribution in [1.82, 2.24) is 9.34 Å². The molecule has 2 unspecified atom stereocenters. The topological polar surface area (TPSA) is 24.9 Å². The highest BCUT2D eigenvalue weighted by atomic mass is 32.5. The molecule has 8 heteroatoms. The highest BCUT2D eigenvalue weighted by Crippen LogP contribution is 2.60. The first-order chi connectivity index (χ1) is 17.6. The van der Waals surface area contributed by atoms with Crippen LogP contribution in [0.25, 0.3) is 22.3 Å². The van der Waals surface area contributed by atoms with Crippen molar-refractivity contribution in [2.45, 2.75) is 0 Å². The van der Waals surface area contributed by atoms with Crippen molar-refractivity contribution in [3.8, 4) is 33.8 Å². The molecule has 1 saturated heterocycles. The zero-order chi connectivity index (χ0) is 24.3. The van der Waals surface area contributed by atoms with Gasteiger partial charge in [0.2, 0.25) is 12.8 Å². The van der Waals surface area contributed by atoms with Crippen LogP contribution in [0.1, 0.15) is 0 Å². The number of piperazine rings is 1. The molecule has 4 nitrogen and oxygen atoms in total. The summed E-state index contributed by atoms with van der Waals surface area (Å²) in [4.78, 5) is 0. The molecule has 0 aromatic heterocycles. The summed E-state index contributed by atoms with van der Waals surface area (Å²) in [5, 5.41) is 2.28. The molecular weight excluding hydrogens is 522 g/mol. The van der Waals surface area contributed by atoms with Crippen molar-refractivity contribution in [1.29, 1.82) is 0 Å². The molecule has 3 heterocycles. The predicted octanol–water partition coefficient (Wildman–Crippen LogP) is 5.99. The van der Waals surface area contributed by atoms with Crippen molar-refractivity contribution in [3.05, 3.63) is 97.1 Å². The van der Waals surface area contributed by atoms with Crippen molar-refractivity contribution in [2.75, 3.05) is 26.2 Å². The quantitative estimate of drug-likeness (QED) is 0.287. The first-order valence-corrected chi connectivity index (χ1v) is 17.4. The van der Waals surface area contributed by atoms with Gasteiger partial charge in [-0.1, -0.05) is 72.8 Å². The Kier molecular flexibility index (Phi) is 5.48. The van der Waals surface area contributed by atoms with Gasteiger partial charge in [-0.25, -0.2) is 9.34 Å². The molecule has 2 atom stereocenters. The molecule has 0 spiro atoms. The molecule has 1 fully saturated rings. The minimum atomic E-state index is -2.44. The van der Waals surface area contributed by atoms with E-state index < -0.39 is 12.8 Å². The highest BCUT2D eigenvalue weighted by molar-refractivity contribution is 8.15. The van der Waals surface area contributed by atoms with Crippen LogP contribution < -0.4 is 19.7 Å². The minimum absolute atomic E-state index is 0.791. The van der Waals surface area contributed by atoms with Crippen molar-refractivity contribution in [3.63, 3.8) is 0 Å².